The van der Waals surface area contributed by atoms with Gasteiger partial charge in [-0.05, 0) is 42.7 Å². The molecule has 1 fully saturated rings. The molecule has 1 atom stereocenters. The fourth-order valence-corrected chi connectivity index (χ4v) is 2.97. The van der Waals surface area contributed by atoms with E-state index in [0.717, 1.165) is 16.8 Å². The van der Waals surface area contributed by atoms with E-state index >= 15 is 0 Å². The lowest BCUT2D eigenvalue weighted by Gasteiger charge is -2.17. The summed E-state index contributed by atoms with van der Waals surface area (Å²) in [6.07, 6.45) is 0.281. The molecule has 1 aliphatic heterocycles. The molecule has 3 rings (SSSR count). The van der Waals surface area contributed by atoms with Gasteiger partial charge in [-0.15, -0.1) is 0 Å². The predicted molar refractivity (Wildman–Crippen MR) is 94.5 cm³/mol. The van der Waals surface area contributed by atoms with Crippen molar-refractivity contribution in [1.29, 1.82) is 0 Å². The third-order valence-corrected chi connectivity index (χ3v) is 4.58. The second kappa shape index (κ2) is 6.87. The summed E-state index contributed by atoms with van der Waals surface area (Å²) >= 11 is 0. The minimum Gasteiger partial charge on any atom is -0.338 e. The molecule has 0 aliphatic carbocycles. The van der Waals surface area contributed by atoms with Crippen molar-refractivity contribution in [3.05, 3.63) is 65.2 Å². The highest BCUT2D eigenvalue weighted by Gasteiger charge is 2.34. The molecule has 124 valence electrons. The van der Waals surface area contributed by atoms with Crippen molar-refractivity contribution in [1.82, 2.24) is 4.90 Å². The van der Waals surface area contributed by atoms with Crippen LogP contribution < -0.4 is 5.32 Å². The first-order chi connectivity index (χ1) is 11.5. The first kappa shape index (κ1) is 16.2. The van der Waals surface area contributed by atoms with Gasteiger partial charge >= 0.3 is 0 Å². The van der Waals surface area contributed by atoms with E-state index in [4.69, 9.17) is 0 Å². The molecule has 4 heteroatoms. The Bertz CT molecular complexity index is 755. The lowest BCUT2D eigenvalue weighted by Crippen LogP contribution is -2.28. The third kappa shape index (κ3) is 3.65. The maximum Gasteiger partial charge on any atom is 0.229 e. The molecule has 1 aliphatic rings. The molecule has 0 spiro atoms. The van der Waals surface area contributed by atoms with Crippen LogP contribution in [0.3, 0.4) is 0 Å². The number of amides is 2. The van der Waals surface area contributed by atoms with Crippen molar-refractivity contribution < 1.29 is 9.59 Å². The van der Waals surface area contributed by atoms with Crippen LogP contribution in [-0.2, 0) is 16.1 Å². The van der Waals surface area contributed by atoms with E-state index in [0.29, 0.717) is 13.1 Å². The van der Waals surface area contributed by atoms with Crippen LogP contribution in [0.25, 0.3) is 0 Å². The van der Waals surface area contributed by atoms with Gasteiger partial charge in [0.1, 0.15) is 0 Å². The van der Waals surface area contributed by atoms with Crippen LogP contribution in [0, 0.1) is 19.8 Å². The Kier molecular flexibility index (Phi) is 4.65. The summed E-state index contributed by atoms with van der Waals surface area (Å²) in [6.45, 7) is 5.10. The topological polar surface area (TPSA) is 49.4 Å². The standard InChI is InChI=1S/C20H22N2O2/c1-14-8-9-18(10-15(14)2)21-20(24)17-11-19(23)22(13-17)12-16-6-4-3-5-7-16/h3-10,17H,11-13H2,1-2H3,(H,21,24)/t17-/m0/s1. The van der Waals surface area contributed by atoms with Gasteiger partial charge < -0.3 is 10.2 Å². The average molecular weight is 322 g/mol. The van der Waals surface area contributed by atoms with Crippen LogP contribution in [0.2, 0.25) is 0 Å². The van der Waals surface area contributed by atoms with E-state index in [9.17, 15) is 9.59 Å². The molecule has 0 unspecified atom stereocenters. The Balaban J connectivity index is 1.62. The largest absolute Gasteiger partial charge is 0.338 e. The van der Waals surface area contributed by atoms with E-state index in [1.807, 2.05) is 62.4 Å². The zero-order valence-electron chi connectivity index (χ0n) is 14.1. The number of rotatable bonds is 4. The quantitative estimate of drug-likeness (QED) is 0.939. The minimum absolute atomic E-state index is 0.0408. The van der Waals surface area contributed by atoms with Gasteiger partial charge in [-0.25, -0.2) is 0 Å². The van der Waals surface area contributed by atoms with Crippen LogP contribution in [0.5, 0.6) is 0 Å². The first-order valence-corrected chi connectivity index (χ1v) is 8.23. The maximum absolute atomic E-state index is 12.5. The highest BCUT2D eigenvalue weighted by Crippen LogP contribution is 2.22. The normalized spacial score (nSPS) is 17.2. The molecule has 2 aromatic rings. The van der Waals surface area contributed by atoms with Gasteiger partial charge in [-0.2, -0.15) is 0 Å². The number of benzene rings is 2. The number of hydrogen-bond acceptors (Lipinski definition) is 2. The van der Waals surface area contributed by atoms with Crippen LogP contribution in [0.4, 0.5) is 5.69 Å². The Morgan fingerprint density at radius 2 is 1.88 bits per heavy atom. The fourth-order valence-electron chi connectivity index (χ4n) is 2.97. The molecule has 0 bridgehead atoms. The van der Waals surface area contributed by atoms with Gasteiger partial charge in [-0.3, -0.25) is 9.59 Å². The van der Waals surface area contributed by atoms with Crippen molar-refractivity contribution in [3.8, 4) is 0 Å². The third-order valence-electron chi connectivity index (χ3n) is 4.58. The Labute approximate surface area is 142 Å². The van der Waals surface area contributed by atoms with Gasteiger partial charge in [-0.1, -0.05) is 36.4 Å². The summed E-state index contributed by atoms with van der Waals surface area (Å²) in [5.41, 5.74) is 4.21. The highest BCUT2D eigenvalue weighted by molar-refractivity contribution is 5.97. The number of nitrogens with zero attached hydrogens (tertiary/aromatic N) is 1. The summed E-state index contributed by atoms with van der Waals surface area (Å²) in [5.74, 6) is -0.330. The summed E-state index contributed by atoms with van der Waals surface area (Å²) < 4.78 is 0. The predicted octanol–water partition coefficient (Wildman–Crippen LogP) is 3.29. The molecular weight excluding hydrogens is 300 g/mol. The molecule has 0 radical (unpaired) electrons. The molecule has 24 heavy (non-hydrogen) atoms. The molecule has 0 aromatic heterocycles. The smallest absolute Gasteiger partial charge is 0.229 e. The van der Waals surface area contributed by atoms with Gasteiger partial charge in [0.25, 0.3) is 0 Å². The molecule has 2 aromatic carbocycles. The number of hydrogen-bond donors (Lipinski definition) is 1. The Morgan fingerprint density at radius 3 is 2.58 bits per heavy atom. The molecule has 4 nitrogen and oxygen atoms in total. The van der Waals surface area contributed by atoms with Crippen molar-refractivity contribution in [3.63, 3.8) is 0 Å². The minimum atomic E-state index is -0.289. The highest BCUT2D eigenvalue weighted by atomic mass is 16.2. The monoisotopic (exact) mass is 322 g/mol. The first-order valence-electron chi connectivity index (χ1n) is 8.23. The SMILES string of the molecule is Cc1ccc(NC(=O)[C@H]2CC(=O)N(Cc3ccccc3)C2)cc1C. The van der Waals surface area contributed by atoms with Crippen LogP contribution in [0.1, 0.15) is 23.1 Å². The van der Waals surface area contributed by atoms with Crippen molar-refractivity contribution >= 4 is 17.5 Å². The zero-order chi connectivity index (χ0) is 17.1. The van der Waals surface area contributed by atoms with Gasteiger partial charge in [0.05, 0.1) is 5.92 Å². The Hall–Kier alpha value is -2.62. The lowest BCUT2D eigenvalue weighted by molar-refractivity contribution is -0.128. The van der Waals surface area contributed by atoms with E-state index in [2.05, 4.69) is 5.32 Å². The summed E-state index contributed by atoms with van der Waals surface area (Å²) in [6, 6.07) is 15.7. The zero-order valence-corrected chi connectivity index (χ0v) is 14.1. The maximum atomic E-state index is 12.5. The van der Waals surface area contributed by atoms with E-state index in [1.165, 1.54) is 5.56 Å². The summed E-state index contributed by atoms with van der Waals surface area (Å²) in [7, 11) is 0. The molecule has 2 amide bonds. The molecule has 1 heterocycles. The number of carbonyl (C=O) groups excluding carboxylic acids is 2. The van der Waals surface area contributed by atoms with Crippen molar-refractivity contribution in [2.45, 2.75) is 26.8 Å². The van der Waals surface area contributed by atoms with Crippen LogP contribution in [0.15, 0.2) is 48.5 Å². The Morgan fingerprint density at radius 1 is 1.12 bits per heavy atom. The van der Waals surface area contributed by atoms with Crippen molar-refractivity contribution in [2.75, 3.05) is 11.9 Å². The van der Waals surface area contributed by atoms with Crippen LogP contribution in [-0.4, -0.2) is 23.3 Å². The van der Waals surface area contributed by atoms with Gasteiger partial charge in [0, 0.05) is 25.2 Å². The van der Waals surface area contributed by atoms with E-state index in [-0.39, 0.29) is 24.2 Å². The van der Waals surface area contributed by atoms with Crippen molar-refractivity contribution in [2.24, 2.45) is 5.92 Å². The number of likely N-dealkylation sites (tertiary alicyclic amines) is 1. The van der Waals surface area contributed by atoms with Gasteiger partial charge in [0.2, 0.25) is 11.8 Å². The molecule has 1 saturated heterocycles. The summed E-state index contributed by atoms with van der Waals surface area (Å²) in [4.78, 5) is 26.4. The number of carbonyl (C=O) groups is 2. The van der Waals surface area contributed by atoms with Gasteiger partial charge in [0.15, 0.2) is 0 Å². The van der Waals surface area contributed by atoms with Crippen LogP contribution >= 0.6 is 0 Å². The second-order valence-electron chi connectivity index (χ2n) is 6.45. The second-order valence-corrected chi connectivity index (χ2v) is 6.45. The number of anilines is 1. The van der Waals surface area contributed by atoms with E-state index < -0.39 is 0 Å². The molecule has 0 saturated carbocycles. The number of nitrogens with one attached hydrogen (secondary N) is 1. The summed E-state index contributed by atoms with van der Waals surface area (Å²) in [5, 5.41) is 2.94. The average Bonchev–Trinajstić information content (AvgIpc) is 2.93. The molecular formula is C20H22N2O2. The molecule has 1 N–H and O–H groups in total. The van der Waals surface area contributed by atoms with E-state index in [1.54, 1.807) is 4.90 Å². The fraction of sp³-hybridized carbons (Fsp3) is 0.300. The number of aryl methyl sites for hydroxylation is 2. The lowest BCUT2D eigenvalue weighted by atomic mass is 10.1.